The lowest BCUT2D eigenvalue weighted by atomic mass is 10.1. The molecule has 0 saturated carbocycles. The van der Waals surface area contributed by atoms with E-state index in [0.717, 1.165) is 16.8 Å². The molecule has 33 heavy (non-hydrogen) atoms. The molecule has 0 fully saturated rings. The fraction of sp³-hybridized carbons (Fsp3) is 0.185. The molecule has 4 rings (SSSR count). The second-order valence-electron chi connectivity index (χ2n) is 7.56. The minimum absolute atomic E-state index is 0.163. The Morgan fingerprint density at radius 1 is 0.879 bits per heavy atom. The zero-order chi connectivity index (χ0) is 23.0. The van der Waals surface area contributed by atoms with Crippen LogP contribution in [0, 0.1) is 0 Å². The minimum atomic E-state index is -0.377. The van der Waals surface area contributed by atoms with E-state index in [9.17, 15) is 9.59 Å². The van der Waals surface area contributed by atoms with Crippen molar-refractivity contribution >= 4 is 23.4 Å². The average Bonchev–Trinajstić information content (AvgIpc) is 2.85. The first kappa shape index (κ1) is 22.3. The Balaban J connectivity index is 1.43. The third kappa shape index (κ3) is 5.48. The normalized spacial score (nSPS) is 13.3. The van der Waals surface area contributed by atoms with Gasteiger partial charge in [-0.2, -0.15) is 0 Å². The van der Waals surface area contributed by atoms with E-state index >= 15 is 0 Å². The lowest BCUT2D eigenvalue weighted by molar-refractivity contribution is 0.0526. The van der Waals surface area contributed by atoms with Crippen LogP contribution in [0.5, 0.6) is 0 Å². The Kier molecular flexibility index (Phi) is 7.17. The first-order chi connectivity index (χ1) is 16.2. The van der Waals surface area contributed by atoms with Crippen molar-refractivity contribution in [3.63, 3.8) is 0 Å². The number of amides is 2. The third-order valence-corrected chi connectivity index (χ3v) is 5.24. The number of carbonyl (C=O) groups excluding carboxylic acids is 2. The first-order valence-corrected chi connectivity index (χ1v) is 10.9. The molecule has 3 aromatic carbocycles. The number of urea groups is 1. The maximum absolute atomic E-state index is 13.2. The van der Waals surface area contributed by atoms with Gasteiger partial charge in [-0.05, 0) is 60.5 Å². The van der Waals surface area contributed by atoms with Crippen molar-refractivity contribution in [2.75, 3.05) is 23.0 Å². The summed E-state index contributed by atoms with van der Waals surface area (Å²) in [5.41, 5.74) is 4.05. The van der Waals surface area contributed by atoms with Gasteiger partial charge in [0.15, 0.2) is 0 Å². The summed E-state index contributed by atoms with van der Waals surface area (Å²) >= 11 is 0. The van der Waals surface area contributed by atoms with Gasteiger partial charge in [0.25, 0.3) is 0 Å². The van der Waals surface area contributed by atoms with Crippen molar-refractivity contribution in [1.29, 1.82) is 0 Å². The van der Waals surface area contributed by atoms with Crippen LogP contribution in [-0.4, -0.2) is 25.2 Å². The van der Waals surface area contributed by atoms with Crippen molar-refractivity contribution in [3.05, 3.63) is 108 Å². The van der Waals surface area contributed by atoms with Gasteiger partial charge in [0, 0.05) is 18.4 Å². The Hall–Kier alpha value is -3.90. The summed E-state index contributed by atoms with van der Waals surface area (Å²) in [5, 5.41) is 0. The molecule has 0 bridgehead atoms. The Bertz CT molecular complexity index is 1130. The maximum atomic E-state index is 13.2. The molecule has 0 atom stereocenters. The van der Waals surface area contributed by atoms with E-state index in [1.807, 2.05) is 60.7 Å². The summed E-state index contributed by atoms with van der Waals surface area (Å²) < 4.78 is 10.9. The molecule has 168 valence electrons. The number of esters is 1. The molecule has 3 aromatic rings. The predicted molar refractivity (Wildman–Crippen MR) is 128 cm³/mol. The average molecular weight is 443 g/mol. The zero-order valence-corrected chi connectivity index (χ0v) is 18.5. The van der Waals surface area contributed by atoms with E-state index in [1.54, 1.807) is 47.2 Å². The van der Waals surface area contributed by atoms with Crippen LogP contribution in [0.25, 0.3) is 0 Å². The number of hydrogen-bond donors (Lipinski definition) is 0. The van der Waals surface area contributed by atoms with E-state index in [4.69, 9.17) is 9.47 Å². The molecule has 0 N–H and O–H groups in total. The Morgan fingerprint density at radius 2 is 1.61 bits per heavy atom. The molecule has 2 amide bonds. The van der Waals surface area contributed by atoms with Gasteiger partial charge in [0.2, 0.25) is 0 Å². The molecule has 1 aliphatic rings. The number of anilines is 2. The van der Waals surface area contributed by atoms with Gasteiger partial charge in [0.05, 0.1) is 31.1 Å². The van der Waals surface area contributed by atoms with Gasteiger partial charge in [0.1, 0.15) is 0 Å². The molecule has 0 aromatic heterocycles. The molecular weight excluding hydrogens is 416 g/mol. The van der Waals surface area contributed by atoms with E-state index in [-0.39, 0.29) is 12.0 Å². The molecule has 0 unspecified atom stereocenters. The smallest absolute Gasteiger partial charge is 0.338 e. The van der Waals surface area contributed by atoms with Gasteiger partial charge in [-0.3, -0.25) is 9.80 Å². The van der Waals surface area contributed by atoms with Crippen LogP contribution in [-0.2, 0) is 22.7 Å². The van der Waals surface area contributed by atoms with Gasteiger partial charge < -0.3 is 9.47 Å². The third-order valence-electron chi connectivity index (χ3n) is 5.24. The van der Waals surface area contributed by atoms with Crippen molar-refractivity contribution in [2.24, 2.45) is 0 Å². The van der Waals surface area contributed by atoms with Gasteiger partial charge in [-0.25, -0.2) is 9.59 Å². The summed E-state index contributed by atoms with van der Waals surface area (Å²) in [7, 11) is 0. The Morgan fingerprint density at radius 3 is 2.36 bits per heavy atom. The summed E-state index contributed by atoms with van der Waals surface area (Å²) in [4.78, 5) is 28.4. The lowest BCUT2D eigenvalue weighted by Crippen LogP contribution is -2.44. The highest BCUT2D eigenvalue weighted by Gasteiger charge is 2.25. The molecule has 0 saturated heterocycles. The molecular formula is C27H26N2O4. The van der Waals surface area contributed by atoms with Crippen LogP contribution in [0.1, 0.15) is 28.4 Å². The highest BCUT2D eigenvalue weighted by Crippen LogP contribution is 2.25. The zero-order valence-electron chi connectivity index (χ0n) is 18.5. The molecule has 1 heterocycles. The largest absolute Gasteiger partial charge is 0.462 e. The van der Waals surface area contributed by atoms with Crippen LogP contribution >= 0.6 is 0 Å². The predicted octanol–water partition coefficient (Wildman–Crippen LogP) is 5.54. The van der Waals surface area contributed by atoms with Crippen LogP contribution in [0.15, 0.2) is 91.1 Å². The van der Waals surface area contributed by atoms with E-state index < -0.39 is 0 Å². The van der Waals surface area contributed by atoms with Crippen LogP contribution < -0.4 is 9.80 Å². The molecule has 6 nitrogen and oxygen atoms in total. The monoisotopic (exact) mass is 442 g/mol. The summed E-state index contributed by atoms with van der Waals surface area (Å²) in [6.07, 6.45) is 3.68. The Labute approximate surface area is 193 Å². The van der Waals surface area contributed by atoms with Crippen molar-refractivity contribution < 1.29 is 19.1 Å². The topological polar surface area (TPSA) is 59.1 Å². The number of hydrogen-bond acceptors (Lipinski definition) is 4. The maximum Gasteiger partial charge on any atom is 0.338 e. The van der Waals surface area contributed by atoms with E-state index in [2.05, 4.69) is 0 Å². The molecule has 0 spiro atoms. The SMILES string of the molecule is CCOC(=O)c1ccc(N2C=CCN(c3cccc(COCc4ccccc4)c3)C2=O)cc1. The van der Waals surface area contributed by atoms with Gasteiger partial charge >= 0.3 is 12.0 Å². The molecule has 1 aliphatic heterocycles. The van der Waals surface area contributed by atoms with Crippen molar-refractivity contribution in [3.8, 4) is 0 Å². The second kappa shape index (κ2) is 10.6. The van der Waals surface area contributed by atoms with Crippen LogP contribution in [0.3, 0.4) is 0 Å². The number of benzene rings is 3. The second-order valence-corrected chi connectivity index (χ2v) is 7.56. The fourth-order valence-corrected chi connectivity index (χ4v) is 3.59. The van der Waals surface area contributed by atoms with E-state index in [0.29, 0.717) is 37.6 Å². The fourth-order valence-electron chi connectivity index (χ4n) is 3.59. The molecule has 0 radical (unpaired) electrons. The molecule has 0 aliphatic carbocycles. The lowest BCUT2D eigenvalue weighted by Gasteiger charge is -2.31. The van der Waals surface area contributed by atoms with Gasteiger partial charge in [-0.15, -0.1) is 0 Å². The summed E-state index contributed by atoms with van der Waals surface area (Å²) in [5.74, 6) is -0.377. The standard InChI is InChI=1S/C27H26N2O4/c1-2-33-26(30)23-12-14-24(15-13-23)28-16-7-17-29(27(28)31)25-11-6-10-22(18-25)20-32-19-21-8-4-3-5-9-21/h3-16,18H,2,17,19-20H2,1H3. The first-order valence-electron chi connectivity index (χ1n) is 10.9. The number of rotatable bonds is 8. The number of ether oxygens (including phenoxy) is 2. The highest BCUT2D eigenvalue weighted by molar-refractivity contribution is 6.06. The summed E-state index contributed by atoms with van der Waals surface area (Å²) in [6.45, 7) is 3.55. The highest BCUT2D eigenvalue weighted by atomic mass is 16.5. The van der Waals surface area contributed by atoms with Crippen LogP contribution in [0.4, 0.5) is 16.2 Å². The minimum Gasteiger partial charge on any atom is -0.462 e. The number of carbonyl (C=O) groups is 2. The summed E-state index contributed by atoms with van der Waals surface area (Å²) in [6, 6.07) is 24.5. The quantitative estimate of drug-likeness (QED) is 0.430. The van der Waals surface area contributed by atoms with Crippen LogP contribution in [0.2, 0.25) is 0 Å². The number of nitrogens with zero attached hydrogens (tertiary/aromatic N) is 2. The van der Waals surface area contributed by atoms with Crippen molar-refractivity contribution in [1.82, 2.24) is 0 Å². The van der Waals surface area contributed by atoms with E-state index in [1.165, 1.54) is 0 Å². The van der Waals surface area contributed by atoms with Crippen molar-refractivity contribution in [2.45, 2.75) is 20.1 Å². The molecule has 6 heteroatoms. The van der Waals surface area contributed by atoms with Gasteiger partial charge in [-0.1, -0.05) is 42.5 Å².